The number of hydrogen-bond donors (Lipinski definition) is 1. The van der Waals surface area contributed by atoms with E-state index in [0.717, 1.165) is 34.4 Å². The topological polar surface area (TPSA) is 44.5 Å². The van der Waals surface area contributed by atoms with Crippen molar-refractivity contribution in [3.63, 3.8) is 0 Å². The zero-order valence-electron chi connectivity index (χ0n) is 8.96. The van der Waals surface area contributed by atoms with Crippen molar-refractivity contribution in [1.82, 2.24) is 0 Å². The van der Waals surface area contributed by atoms with Gasteiger partial charge >= 0.3 is 0 Å². The molecule has 0 aromatic heterocycles. The average molecular weight is 284 g/mol. The quantitative estimate of drug-likeness (QED) is 0.862. The van der Waals surface area contributed by atoms with Crippen LogP contribution < -0.4 is 15.2 Å². The number of benzene rings is 1. The van der Waals surface area contributed by atoms with E-state index >= 15 is 0 Å². The van der Waals surface area contributed by atoms with Gasteiger partial charge in [0.1, 0.15) is 0 Å². The standard InChI is InChI=1S/C12H14BrNO2/c13-10-8(12(14)5-1-2-6-12)3-4-9-11(10)16-7-15-9/h3-4H,1-2,5-7,14H2. The summed E-state index contributed by atoms with van der Waals surface area (Å²) in [5.74, 6) is 1.60. The van der Waals surface area contributed by atoms with E-state index in [1.165, 1.54) is 12.8 Å². The fourth-order valence-corrected chi connectivity index (χ4v) is 3.43. The lowest BCUT2D eigenvalue weighted by molar-refractivity contribution is 0.173. The highest BCUT2D eigenvalue weighted by Gasteiger charge is 2.35. The van der Waals surface area contributed by atoms with Crippen LogP contribution in [0.3, 0.4) is 0 Å². The maximum absolute atomic E-state index is 6.45. The first-order chi connectivity index (χ1) is 7.71. The fourth-order valence-electron chi connectivity index (χ4n) is 2.60. The van der Waals surface area contributed by atoms with E-state index < -0.39 is 0 Å². The van der Waals surface area contributed by atoms with Crippen LogP contribution in [0, 0.1) is 0 Å². The fraction of sp³-hybridized carbons (Fsp3) is 0.500. The number of halogens is 1. The Hall–Kier alpha value is -0.740. The molecule has 1 fully saturated rings. The van der Waals surface area contributed by atoms with Gasteiger partial charge in [0.15, 0.2) is 11.5 Å². The van der Waals surface area contributed by atoms with Gasteiger partial charge in [0.25, 0.3) is 0 Å². The zero-order chi connectivity index (χ0) is 11.2. The second-order valence-corrected chi connectivity index (χ2v) is 5.32. The van der Waals surface area contributed by atoms with Gasteiger partial charge in [-0.2, -0.15) is 0 Å². The second kappa shape index (κ2) is 3.64. The number of hydrogen-bond acceptors (Lipinski definition) is 3. The van der Waals surface area contributed by atoms with E-state index in [1.807, 2.05) is 6.07 Å². The van der Waals surface area contributed by atoms with E-state index in [0.29, 0.717) is 6.79 Å². The lowest BCUT2D eigenvalue weighted by atomic mass is 9.89. The van der Waals surface area contributed by atoms with Crippen LogP contribution in [0.2, 0.25) is 0 Å². The summed E-state index contributed by atoms with van der Waals surface area (Å²) in [6.07, 6.45) is 4.51. The van der Waals surface area contributed by atoms with E-state index in [4.69, 9.17) is 15.2 Å². The molecule has 0 bridgehead atoms. The number of rotatable bonds is 1. The molecule has 1 aliphatic carbocycles. The molecule has 16 heavy (non-hydrogen) atoms. The summed E-state index contributed by atoms with van der Waals surface area (Å²) in [5.41, 5.74) is 7.40. The summed E-state index contributed by atoms with van der Waals surface area (Å²) in [5, 5.41) is 0. The smallest absolute Gasteiger partial charge is 0.231 e. The molecule has 86 valence electrons. The van der Waals surface area contributed by atoms with Gasteiger partial charge in [-0.15, -0.1) is 0 Å². The van der Waals surface area contributed by atoms with Gasteiger partial charge in [0.05, 0.1) is 4.47 Å². The Labute approximate surface area is 103 Å². The van der Waals surface area contributed by atoms with Gasteiger partial charge in [-0.25, -0.2) is 0 Å². The molecule has 0 radical (unpaired) electrons. The Balaban J connectivity index is 2.08. The molecule has 1 aromatic rings. The van der Waals surface area contributed by atoms with Gasteiger partial charge in [-0.05, 0) is 40.4 Å². The van der Waals surface area contributed by atoms with Crippen molar-refractivity contribution in [2.45, 2.75) is 31.2 Å². The number of ether oxygens (including phenoxy) is 2. The number of nitrogens with two attached hydrogens (primary N) is 1. The molecule has 0 amide bonds. The summed E-state index contributed by atoms with van der Waals surface area (Å²) >= 11 is 3.59. The highest BCUT2D eigenvalue weighted by atomic mass is 79.9. The summed E-state index contributed by atoms with van der Waals surface area (Å²) < 4.78 is 11.8. The molecule has 0 atom stereocenters. The first-order valence-corrected chi connectivity index (χ1v) is 6.37. The molecule has 1 aliphatic heterocycles. The molecular formula is C12H14BrNO2. The maximum atomic E-state index is 6.45. The monoisotopic (exact) mass is 283 g/mol. The minimum Gasteiger partial charge on any atom is -0.454 e. The van der Waals surface area contributed by atoms with E-state index in [-0.39, 0.29) is 5.54 Å². The Morgan fingerprint density at radius 3 is 2.69 bits per heavy atom. The van der Waals surface area contributed by atoms with Gasteiger partial charge < -0.3 is 15.2 Å². The SMILES string of the molecule is NC1(c2ccc3c(c2Br)OCO3)CCCC1. The summed E-state index contributed by atoms with van der Waals surface area (Å²) in [4.78, 5) is 0. The van der Waals surface area contributed by atoms with E-state index in [2.05, 4.69) is 22.0 Å². The van der Waals surface area contributed by atoms with Crippen LogP contribution >= 0.6 is 15.9 Å². The molecule has 0 saturated heterocycles. The van der Waals surface area contributed by atoms with Crippen molar-refractivity contribution in [3.8, 4) is 11.5 Å². The van der Waals surface area contributed by atoms with E-state index in [1.54, 1.807) is 0 Å². The minimum absolute atomic E-state index is 0.195. The molecule has 3 nitrogen and oxygen atoms in total. The Kier molecular flexibility index (Phi) is 2.37. The molecule has 2 N–H and O–H groups in total. The first-order valence-electron chi connectivity index (χ1n) is 5.58. The van der Waals surface area contributed by atoms with Crippen LogP contribution in [0.15, 0.2) is 16.6 Å². The summed E-state index contributed by atoms with van der Waals surface area (Å²) in [6.45, 7) is 0.301. The van der Waals surface area contributed by atoms with Crippen LogP contribution in [0.1, 0.15) is 31.2 Å². The van der Waals surface area contributed by atoms with Gasteiger partial charge in [0.2, 0.25) is 6.79 Å². The lowest BCUT2D eigenvalue weighted by Gasteiger charge is -2.25. The van der Waals surface area contributed by atoms with Crippen molar-refractivity contribution < 1.29 is 9.47 Å². The Bertz CT molecular complexity index is 427. The third-order valence-corrected chi connectivity index (χ3v) is 4.30. The van der Waals surface area contributed by atoms with Crippen molar-refractivity contribution in [1.29, 1.82) is 0 Å². The van der Waals surface area contributed by atoms with Crippen LogP contribution in [0.25, 0.3) is 0 Å². The lowest BCUT2D eigenvalue weighted by Crippen LogP contribution is -2.33. The zero-order valence-corrected chi connectivity index (χ0v) is 10.5. The Morgan fingerprint density at radius 1 is 1.19 bits per heavy atom. The predicted molar refractivity (Wildman–Crippen MR) is 64.6 cm³/mol. The van der Waals surface area contributed by atoms with Gasteiger partial charge in [-0.3, -0.25) is 0 Å². The van der Waals surface area contributed by atoms with Crippen molar-refractivity contribution in [2.24, 2.45) is 5.73 Å². The van der Waals surface area contributed by atoms with Crippen molar-refractivity contribution in [3.05, 3.63) is 22.2 Å². The maximum Gasteiger partial charge on any atom is 0.231 e. The second-order valence-electron chi connectivity index (χ2n) is 4.52. The van der Waals surface area contributed by atoms with Crippen molar-refractivity contribution >= 4 is 15.9 Å². The molecular weight excluding hydrogens is 270 g/mol. The molecule has 2 aliphatic rings. The van der Waals surface area contributed by atoms with E-state index in [9.17, 15) is 0 Å². The Morgan fingerprint density at radius 2 is 1.94 bits per heavy atom. The molecule has 1 saturated carbocycles. The van der Waals surface area contributed by atoms with Crippen LogP contribution in [-0.4, -0.2) is 6.79 Å². The first kappa shape index (κ1) is 10.4. The van der Waals surface area contributed by atoms with Gasteiger partial charge in [0, 0.05) is 5.54 Å². The largest absolute Gasteiger partial charge is 0.454 e. The van der Waals surface area contributed by atoms with Crippen LogP contribution in [0.5, 0.6) is 11.5 Å². The third kappa shape index (κ3) is 1.44. The van der Waals surface area contributed by atoms with Crippen molar-refractivity contribution in [2.75, 3.05) is 6.79 Å². The molecule has 3 rings (SSSR count). The third-order valence-electron chi connectivity index (χ3n) is 3.51. The summed E-state index contributed by atoms with van der Waals surface area (Å²) in [7, 11) is 0. The molecule has 0 spiro atoms. The summed E-state index contributed by atoms with van der Waals surface area (Å²) in [6, 6.07) is 4.01. The normalized spacial score (nSPS) is 21.4. The number of fused-ring (bicyclic) bond motifs is 1. The average Bonchev–Trinajstić information content (AvgIpc) is 2.87. The molecule has 4 heteroatoms. The van der Waals surface area contributed by atoms with Crippen LogP contribution in [0.4, 0.5) is 0 Å². The van der Waals surface area contributed by atoms with Gasteiger partial charge in [-0.1, -0.05) is 18.9 Å². The molecule has 1 heterocycles. The highest BCUT2D eigenvalue weighted by Crippen LogP contribution is 2.47. The highest BCUT2D eigenvalue weighted by molar-refractivity contribution is 9.10. The predicted octanol–water partition coefficient (Wildman–Crippen LogP) is 2.91. The molecule has 1 aromatic carbocycles. The minimum atomic E-state index is -0.195. The van der Waals surface area contributed by atoms with Crippen LogP contribution in [-0.2, 0) is 5.54 Å². The molecule has 0 unspecified atom stereocenters.